The molecule has 0 bridgehead atoms. The molecule has 0 spiro atoms. The first kappa shape index (κ1) is 18.8. The number of hydrogen-bond acceptors (Lipinski definition) is 4. The Morgan fingerprint density at radius 1 is 0.950 bits per heavy atom. The molecule has 0 rings (SSSR count). The molecule has 0 aliphatic heterocycles. The van der Waals surface area contributed by atoms with E-state index in [1.807, 2.05) is 0 Å². The molecular weight excluding hydrogens is 279 g/mol. The van der Waals surface area contributed by atoms with Gasteiger partial charge in [0.15, 0.2) is 0 Å². The van der Waals surface area contributed by atoms with Crippen LogP contribution in [0.3, 0.4) is 0 Å². The molecular formula is C12H25N4O3P. The lowest BCUT2D eigenvalue weighted by molar-refractivity contribution is -0.140. The van der Waals surface area contributed by atoms with Crippen LogP contribution in [0.15, 0.2) is 0 Å². The van der Waals surface area contributed by atoms with Gasteiger partial charge in [0.05, 0.1) is 11.0 Å². The highest BCUT2D eigenvalue weighted by atomic mass is 31.1. The summed E-state index contributed by atoms with van der Waals surface area (Å²) in [6.07, 6.45) is 0.481. The summed E-state index contributed by atoms with van der Waals surface area (Å²) in [6, 6.07) is 0. The van der Waals surface area contributed by atoms with Gasteiger partial charge in [-0.3, -0.25) is 14.4 Å². The number of nitrogens with two attached hydrogens (primary N) is 4. The third-order valence-electron chi connectivity index (χ3n) is 4.51. The Bertz CT molecular complexity index is 423. The third-order valence-corrected chi connectivity index (χ3v) is 6.07. The standard InChI is InChI=1S/C12H25N4O3P/c1-10(2,12(4,16)9(15)19)11(3,8(14)18)6-20-5-7(13)17/h20H,5-6,16H2,1-4H3,(H2,13,17)(H2,14,18)(H2,15,19). The van der Waals surface area contributed by atoms with Crippen LogP contribution in [0.1, 0.15) is 27.7 Å². The molecule has 8 N–H and O–H groups in total. The minimum atomic E-state index is -1.42. The highest BCUT2D eigenvalue weighted by Crippen LogP contribution is 2.48. The van der Waals surface area contributed by atoms with Gasteiger partial charge in [-0.2, -0.15) is 0 Å². The minimum absolute atomic E-state index is 0.120. The number of rotatable bonds is 8. The molecule has 20 heavy (non-hydrogen) atoms. The second-order valence-electron chi connectivity index (χ2n) is 5.96. The third kappa shape index (κ3) is 3.27. The zero-order valence-corrected chi connectivity index (χ0v) is 13.4. The van der Waals surface area contributed by atoms with Crippen molar-refractivity contribution in [2.75, 3.05) is 12.3 Å². The van der Waals surface area contributed by atoms with E-state index in [1.165, 1.54) is 6.92 Å². The fourth-order valence-corrected chi connectivity index (χ4v) is 3.42. The van der Waals surface area contributed by atoms with Crippen molar-refractivity contribution in [3.05, 3.63) is 0 Å². The molecule has 8 heteroatoms. The molecule has 3 atom stereocenters. The van der Waals surface area contributed by atoms with Crippen molar-refractivity contribution < 1.29 is 14.4 Å². The summed E-state index contributed by atoms with van der Waals surface area (Å²) >= 11 is 0. The number of hydrogen-bond donors (Lipinski definition) is 4. The molecule has 0 heterocycles. The largest absolute Gasteiger partial charge is 0.369 e. The van der Waals surface area contributed by atoms with Crippen molar-refractivity contribution in [3.63, 3.8) is 0 Å². The SMILES string of the molecule is CC(N)(C(N)=O)C(C)(C)C(C)(CPCC(N)=O)C(N)=O. The van der Waals surface area contributed by atoms with E-state index in [0.29, 0.717) is 6.16 Å². The van der Waals surface area contributed by atoms with Gasteiger partial charge in [0.1, 0.15) is 0 Å². The predicted octanol–water partition coefficient (Wildman–Crippen LogP) is -1.13. The Hall–Kier alpha value is -1.20. The average molecular weight is 304 g/mol. The van der Waals surface area contributed by atoms with Crippen molar-refractivity contribution >= 4 is 26.3 Å². The molecule has 116 valence electrons. The summed E-state index contributed by atoms with van der Waals surface area (Å²) in [5.74, 6) is -1.75. The van der Waals surface area contributed by atoms with E-state index in [2.05, 4.69) is 0 Å². The van der Waals surface area contributed by atoms with Crippen molar-refractivity contribution in [1.29, 1.82) is 0 Å². The summed E-state index contributed by atoms with van der Waals surface area (Å²) in [5.41, 5.74) is 18.5. The second-order valence-corrected chi connectivity index (χ2v) is 7.16. The maximum absolute atomic E-state index is 11.9. The number of carbonyl (C=O) groups is 3. The number of primary amides is 3. The molecule has 0 aliphatic carbocycles. The van der Waals surface area contributed by atoms with Crippen LogP contribution in [0.2, 0.25) is 0 Å². The van der Waals surface area contributed by atoms with Crippen LogP contribution in [0.5, 0.6) is 0 Å². The summed E-state index contributed by atoms with van der Waals surface area (Å²) in [7, 11) is 0.120. The first-order chi connectivity index (χ1) is 8.80. The maximum Gasteiger partial charge on any atom is 0.237 e. The van der Waals surface area contributed by atoms with E-state index in [-0.39, 0.29) is 14.7 Å². The molecule has 7 nitrogen and oxygen atoms in total. The van der Waals surface area contributed by atoms with Crippen molar-refractivity contribution in [2.24, 2.45) is 33.8 Å². The van der Waals surface area contributed by atoms with Crippen LogP contribution < -0.4 is 22.9 Å². The maximum atomic E-state index is 11.9. The monoisotopic (exact) mass is 304 g/mol. The lowest BCUT2D eigenvalue weighted by atomic mass is 9.57. The molecule has 0 fully saturated rings. The Labute approximate surface area is 121 Å². The normalized spacial score (nSPS) is 18.4. The Kier molecular flexibility index (Phi) is 5.69. The first-order valence-electron chi connectivity index (χ1n) is 6.18. The van der Waals surface area contributed by atoms with Crippen LogP contribution >= 0.6 is 8.58 Å². The molecule has 0 aliphatic rings. The minimum Gasteiger partial charge on any atom is -0.369 e. The van der Waals surface area contributed by atoms with Gasteiger partial charge in [0, 0.05) is 11.6 Å². The molecule has 0 aromatic rings. The Balaban J connectivity index is 5.50. The number of carbonyl (C=O) groups excluding carboxylic acids is 3. The average Bonchev–Trinajstić information content (AvgIpc) is 2.26. The summed E-state index contributed by atoms with van der Waals surface area (Å²) in [5, 5.41) is 0. The first-order valence-corrected chi connectivity index (χ1v) is 7.60. The van der Waals surface area contributed by atoms with E-state index in [9.17, 15) is 14.4 Å². The Morgan fingerprint density at radius 3 is 1.70 bits per heavy atom. The van der Waals surface area contributed by atoms with Gasteiger partial charge in [-0.15, -0.1) is 8.58 Å². The van der Waals surface area contributed by atoms with E-state index in [4.69, 9.17) is 22.9 Å². The van der Waals surface area contributed by atoms with E-state index >= 15 is 0 Å². The fraction of sp³-hybridized carbons (Fsp3) is 0.750. The lowest BCUT2D eigenvalue weighted by Crippen LogP contribution is -2.67. The second kappa shape index (κ2) is 6.06. The van der Waals surface area contributed by atoms with Crippen molar-refractivity contribution in [1.82, 2.24) is 0 Å². The van der Waals surface area contributed by atoms with Gasteiger partial charge in [-0.05, 0) is 20.0 Å². The lowest BCUT2D eigenvalue weighted by Gasteiger charge is -2.50. The van der Waals surface area contributed by atoms with Crippen LogP contribution in [-0.2, 0) is 14.4 Å². The van der Waals surface area contributed by atoms with Crippen LogP contribution in [0, 0.1) is 10.8 Å². The molecule has 0 aromatic carbocycles. The van der Waals surface area contributed by atoms with Gasteiger partial charge in [0.25, 0.3) is 0 Å². The predicted molar refractivity (Wildman–Crippen MR) is 80.1 cm³/mol. The van der Waals surface area contributed by atoms with Gasteiger partial charge in [-0.25, -0.2) is 0 Å². The molecule has 0 radical (unpaired) electrons. The van der Waals surface area contributed by atoms with E-state index < -0.39 is 34.1 Å². The topological polar surface area (TPSA) is 155 Å². The molecule has 0 aromatic heterocycles. The van der Waals surface area contributed by atoms with Crippen LogP contribution in [0.4, 0.5) is 0 Å². The van der Waals surface area contributed by atoms with Crippen molar-refractivity contribution in [2.45, 2.75) is 33.2 Å². The quantitative estimate of drug-likeness (QED) is 0.419. The zero-order valence-electron chi connectivity index (χ0n) is 12.4. The summed E-state index contributed by atoms with van der Waals surface area (Å²) < 4.78 is 0. The van der Waals surface area contributed by atoms with Crippen LogP contribution in [0.25, 0.3) is 0 Å². The molecule has 3 amide bonds. The Morgan fingerprint density at radius 2 is 1.40 bits per heavy atom. The summed E-state index contributed by atoms with van der Waals surface area (Å²) in [4.78, 5) is 34.3. The highest BCUT2D eigenvalue weighted by Gasteiger charge is 2.56. The molecule has 0 saturated carbocycles. The van der Waals surface area contributed by atoms with E-state index in [1.54, 1.807) is 20.8 Å². The molecule has 3 unspecified atom stereocenters. The van der Waals surface area contributed by atoms with E-state index in [0.717, 1.165) is 0 Å². The van der Waals surface area contributed by atoms with Gasteiger partial charge in [0.2, 0.25) is 17.7 Å². The van der Waals surface area contributed by atoms with Crippen molar-refractivity contribution in [3.8, 4) is 0 Å². The number of amides is 3. The molecule has 0 saturated heterocycles. The van der Waals surface area contributed by atoms with Crippen LogP contribution in [-0.4, -0.2) is 35.6 Å². The summed E-state index contributed by atoms with van der Waals surface area (Å²) in [6.45, 7) is 6.47. The van der Waals surface area contributed by atoms with Gasteiger partial charge in [-0.1, -0.05) is 13.8 Å². The zero-order chi connectivity index (χ0) is 16.4. The smallest absolute Gasteiger partial charge is 0.237 e. The van der Waals surface area contributed by atoms with Gasteiger partial charge >= 0.3 is 0 Å². The highest BCUT2D eigenvalue weighted by molar-refractivity contribution is 7.39. The van der Waals surface area contributed by atoms with Gasteiger partial charge < -0.3 is 22.9 Å². The fourth-order valence-electron chi connectivity index (χ4n) is 1.93.